The predicted molar refractivity (Wildman–Crippen MR) is 79.8 cm³/mol. The first kappa shape index (κ1) is 16.8. The first-order valence-corrected chi connectivity index (χ1v) is 6.90. The summed E-state index contributed by atoms with van der Waals surface area (Å²) in [7, 11) is 3.31. The highest BCUT2D eigenvalue weighted by atomic mass is 16.5. The van der Waals surface area contributed by atoms with Gasteiger partial charge in [0.05, 0.1) is 5.54 Å². The van der Waals surface area contributed by atoms with E-state index in [1.165, 1.54) is 0 Å². The van der Waals surface area contributed by atoms with Crippen LogP contribution in [0.3, 0.4) is 0 Å². The molecule has 2 N–H and O–H groups in total. The van der Waals surface area contributed by atoms with Gasteiger partial charge in [0.25, 0.3) is 0 Å². The van der Waals surface area contributed by atoms with Crippen molar-refractivity contribution >= 4 is 5.78 Å². The van der Waals surface area contributed by atoms with Crippen LogP contribution in [-0.2, 0) is 9.47 Å². The molecule has 0 heterocycles. The number of hydrogen-bond acceptors (Lipinski definition) is 4. The standard InChI is InChI=1S/C16H25NO3/c1-16(17,14(9-11-19-2)10-12-20-3)15(18)13-7-5-4-6-8-13/h4-8,14H,9-12,17H2,1-3H3. The molecule has 0 saturated heterocycles. The molecule has 0 spiro atoms. The molecule has 0 aliphatic rings. The molecule has 0 fully saturated rings. The highest BCUT2D eigenvalue weighted by molar-refractivity contribution is 6.03. The van der Waals surface area contributed by atoms with Crippen molar-refractivity contribution < 1.29 is 14.3 Å². The van der Waals surface area contributed by atoms with Gasteiger partial charge in [-0.25, -0.2) is 0 Å². The van der Waals surface area contributed by atoms with Crippen molar-refractivity contribution in [3.05, 3.63) is 35.9 Å². The number of rotatable bonds is 9. The zero-order chi connectivity index (χ0) is 15.0. The maximum absolute atomic E-state index is 12.6. The number of Topliss-reactive ketones (excluding diaryl/α,β-unsaturated/α-hetero) is 1. The minimum absolute atomic E-state index is 0.0232. The number of methoxy groups -OCH3 is 2. The molecular formula is C16H25NO3. The molecule has 0 bridgehead atoms. The summed E-state index contributed by atoms with van der Waals surface area (Å²) in [5.41, 5.74) is 6.09. The summed E-state index contributed by atoms with van der Waals surface area (Å²) in [6.07, 6.45) is 1.48. The molecule has 1 unspecified atom stereocenters. The highest BCUT2D eigenvalue weighted by Crippen LogP contribution is 2.26. The second kappa shape index (κ2) is 8.15. The maximum atomic E-state index is 12.6. The van der Waals surface area contributed by atoms with E-state index in [1.54, 1.807) is 33.3 Å². The van der Waals surface area contributed by atoms with Crippen LogP contribution in [0.15, 0.2) is 30.3 Å². The van der Waals surface area contributed by atoms with Crippen LogP contribution in [0, 0.1) is 5.92 Å². The molecule has 0 aliphatic heterocycles. The Bertz CT molecular complexity index is 395. The average molecular weight is 279 g/mol. The second-order valence-corrected chi connectivity index (χ2v) is 5.24. The van der Waals surface area contributed by atoms with Gasteiger partial charge < -0.3 is 15.2 Å². The van der Waals surface area contributed by atoms with Crippen LogP contribution < -0.4 is 5.73 Å². The summed E-state index contributed by atoms with van der Waals surface area (Å²) >= 11 is 0. The van der Waals surface area contributed by atoms with Crippen LogP contribution in [0.2, 0.25) is 0 Å². The van der Waals surface area contributed by atoms with Crippen LogP contribution in [0.5, 0.6) is 0 Å². The molecule has 0 saturated carbocycles. The number of carbonyl (C=O) groups is 1. The van der Waals surface area contributed by atoms with Gasteiger partial charge in [0.1, 0.15) is 0 Å². The normalized spacial score (nSPS) is 14.2. The van der Waals surface area contributed by atoms with Crippen molar-refractivity contribution in [2.45, 2.75) is 25.3 Å². The Balaban J connectivity index is 2.87. The lowest BCUT2D eigenvalue weighted by Crippen LogP contribution is -2.52. The molecule has 0 aliphatic carbocycles. The summed E-state index contributed by atoms with van der Waals surface area (Å²) in [6, 6.07) is 9.19. The maximum Gasteiger partial charge on any atom is 0.182 e. The Morgan fingerprint density at radius 1 is 1.15 bits per heavy atom. The van der Waals surface area contributed by atoms with E-state index in [9.17, 15) is 4.79 Å². The number of hydrogen-bond donors (Lipinski definition) is 1. The fourth-order valence-electron chi connectivity index (χ4n) is 2.35. The molecule has 1 aromatic rings. The quantitative estimate of drug-likeness (QED) is 0.704. The summed E-state index contributed by atoms with van der Waals surface area (Å²) in [5.74, 6) is -0.00888. The molecule has 1 atom stereocenters. The van der Waals surface area contributed by atoms with Crippen molar-refractivity contribution in [2.75, 3.05) is 27.4 Å². The summed E-state index contributed by atoms with van der Waals surface area (Å²) in [6.45, 7) is 2.98. The van der Waals surface area contributed by atoms with Gasteiger partial charge in [0, 0.05) is 33.0 Å². The lowest BCUT2D eigenvalue weighted by atomic mass is 9.77. The summed E-state index contributed by atoms with van der Waals surface area (Å²) in [4.78, 5) is 12.6. The van der Waals surface area contributed by atoms with Crippen molar-refractivity contribution in [1.29, 1.82) is 0 Å². The van der Waals surface area contributed by atoms with Gasteiger partial charge in [-0.2, -0.15) is 0 Å². The molecule has 112 valence electrons. The zero-order valence-electron chi connectivity index (χ0n) is 12.6. The highest BCUT2D eigenvalue weighted by Gasteiger charge is 2.37. The topological polar surface area (TPSA) is 61.6 Å². The average Bonchev–Trinajstić information content (AvgIpc) is 2.47. The number of nitrogens with two attached hydrogens (primary N) is 1. The molecule has 0 radical (unpaired) electrons. The van der Waals surface area contributed by atoms with Crippen LogP contribution in [0.4, 0.5) is 0 Å². The number of carbonyl (C=O) groups excluding carboxylic acids is 1. The van der Waals surface area contributed by atoms with Crippen molar-refractivity contribution in [3.63, 3.8) is 0 Å². The van der Waals surface area contributed by atoms with E-state index in [4.69, 9.17) is 15.2 Å². The lowest BCUT2D eigenvalue weighted by molar-refractivity contribution is 0.0749. The smallest absolute Gasteiger partial charge is 0.182 e. The van der Waals surface area contributed by atoms with Gasteiger partial charge in [-0.15, -0.1) is 0 Å². The zero-order valence-corrected chi connectivity index (χ0v) is 12.6. The van der Waals surface area contributed by atoms with Gasteiger partial charge in [-0.1, -0.05) is 30.3 Å². The molecule has 20 heavy (non-hydrogen) atoms. The third-order valence-electron chi connectivity index (χ3n) is 3.71. The van der Waals surface area contributed by atoms with Gasteiger partial charge in [0.15, 0.2) is 5.78 Å². The largest absolute Gasteiger partial charge is 0.385 e. The Morgan fingerprint density at radius 3 is 2.10 bits per heavy atom. The minimum atomic E-state index is -0.918. The Morgan fingerprint density at radius 2 is 1.65 bits per heavy atom. The van der Waals surface area contributed by atoms with Crippen LogP contribution in [0.25, 0.3) is 0 Å². The van der Waals surface area contributed by atoms with E-state index in [0.717, 1.165) is 12.8 Å². The first-order chi connectivity index (χ1) is 9.54. The van der Waals surface area contributed by atoms with E-state index in [1.807, 2.05) is 18.2 Å². The van der Waals surface area contributed by atoms with Crippen molar-refractivity contribution in [1.82, 2.24) is 0 Å². The molecular weight excluding hydrogens is 254 g/mol. The molecule has 1 rings (SSSR count). The number of ketones is 1. The summed E-state index contributed by atoms with van der Waals surface area (Å²) < 4.78 is 10.3. The first-order valence-electron chi connectivity index (χ1n) is 6.90. The second-order valence-electron chi connectivity index (χ2n) is 5.24. The number of benzene rings is 1. The number of ether oxygens (including phenoxy) is 2. The van der Waals surface area contributed by atoms with E-state index < -0.39 is 5.54 Å². The monoisotopic (exact) mass is 279 g/mol. The van der Waals surface area contributed by atoms with E-state index in [0.29, 0.717) is 18.8 Å². The Labute approximate surface area is 121 Å². The fraction of sp³-hybridized carbons (Fsp3) is 0.562. The molecule has 0 aromatic heterocycles. The Hall–Kier alpha value is -1.23. The SMILES string of the molecule is COCCC(CCOC)C(C)(N)C(=O)c1ccccc1. The Kier molecular flexibility index (Phi) is 6.85. The third kappa shape index (κ3) is 4.40. The van der Waals surface area contributed by atoms with E-state index in [2.05, 4.69) is 0 Å². The van der Waals surface area contributed by atoms with Gasteiger partial charge in [-0.3, -0.25) is 4.79 Å². The van der Waals surface area contributed by atoms with Gasteiger partial charge in [0.2, 0.25) is 0 Å². The summed E-state index contributed by atoms with van der Waals surface area (Å²) in [5, 5.41) is 0. The van der Waals surface area contributed by atoms with Gasteiger partial charge >= 0.3 is 0 Å². The molecule has 4 nitrogen and oxygen atoms in total. The van der Waals surface area contributed by atoms with E-state index >= 15 is 0 Å². The predicted octanol–water partition coefficient (Wildman–Crippen LogP) is 2.28. The third-order valence-corrected chi connectivity index (χ3v) is 3.71. The van der Waals surface area contributed by atoms with E-state index in [-0.39, 0.29) is 11.7 Å². The van der Waals surface area contributed by atoms with Gasteiger partial charge in [-0.05, 0) is 25.7 Å². The fourth-order valence-corrected chi connectivity index (χ4v) is 2.35. The van der Waals surface area contributed by atoms with Crippen LogP contribution in [0.1, 0.15) is 30.1 Å². The van der Waals surface area contributed by atoms with Crippen molar-refractivity contribution in [2.24, 2.45) is 11.7 Å². The molecule has 4 heteroatoms. The van der Waals surface area contributed by atoms with Crippen LogP contribution >= 0.6 is 0 Å². The molecule has 1 aromatic carbocycles. The van der Waals surface area contributed by atoms with Crippen LogP contribution in [-0.4, -0.2) is 38.8 Å². The molecule has 0 amide bonds. The minimum Gasteiger partial charge on any atom is -0.385 e. The van der Waals surface area contributed by atoms with Crippen molar-refractivity contribution in [3.8, 4) is 0 Å². The lowest BCUT2D eigenvalue weighted by Gasteiger charge is -2.33.